The number of hydrogen-bond acceptors (Lipinski definition) is 8. The summed E-state index contributed by atoms with van der Waals surface area (Å²) >= 11 is 1.28. The Morgan fingerprint density at radius 2 is 1.81 bits per heavy atom. The van der Waals surface area contributed by atoms with Crippen molar-refractivity contribution in [1.29, 1.82) is 0 Å². The lowest BCUT2D eigenvalue weighted by atomic mass is 10.2. The lowest BCUT2D eigenvalue weighted by Crippen LogP contribution is -2.50. The number of amides is 3. The van der Waals surface area contributed by atoms with E-state index < -0.39 is 0 Å². The number of piperazine rings is 1. The van der Waals surface area contributed by atoms with E-state index in [2.05, 4.69) is 25.5 Å². The average Bonchev–Trinajstić information content (AvgIpc) is 3.36. The van der Waals surface area contributed by atoms with Gasteiger partial charge in [-0.15, -0.1) is 11.3 Å². The van der Waals surface area contributed by atoms with Crippen LogP contribution in [0.5, 0.6) is 0 Å². The first-order chi connectivity index (χ1) is 18.0. The summed E-state index contributed by atoms with van der Waals surface area (Å²) in [7, 11) is 0. The van der Waals surface area contributed by atoms with Crippen LogP contribution in [0.25, 0.3) is 0 Å². The van der Waals surface area contributed by atoms with Gasteiger partial charge in [0.15, 0.2) is 5.13 Å². The Morgan fingerprint density at radius 1 is 1.03 bits per heavy atom. The number of thiazole rings is 1. The van der Waals surface area contributed by atoms with Crippen molar-refractivity contribution in [1.82, 2.24) is 14.9 Å². The molecule has 3 aromatic rings. The standard InChI is InChI=1S/C26H30N6O4S/c1-2-3-16-36-24(34)19-7-9-20(10-8-19)28-23(33)17-21-18-37-25(29-21)30-26(35)32-14-12-31(13-15-32)22-6-4-5-11-27-22/h4-11,18H,2-3,12-17H2,1H3,(H,28,33)(H,29,30,35). The largest absolute Gasteiger partial charge is 0.462 e. The van der Waals surface area contributed by atoms with Gasteiger partial charge in [-0.1, -0.05) is 19.4 Å². The third-order valence-electron chi connectivity index (χ3n) is 5.78. The zero-order chi connectivity index (χ0) is 26.0. The van der Waals surface area contributed by atoms with Crippen LogP contribution < -0.4 is 15.5 Å². The van der Waals surface area contributed by atoms with Gasteiger partial charge >= 0.3 is 12.0 Å². The number of benzene rings is 1. The molecule has 10 nitrogen and oxygen atoms in total. The van der Waals surface area contributed by atoms with Crippen molar-refractivity contribution < 1.29 is 19.1 Å². The molecule has 1 aliphatic heterocycles. The molecule has 0 aliphatic carbocycles. The van der Waals surface area contributed by atoms with Crippen molar-refractivity contribution in [2.24, 2.45) is 0 Å². The molecule has 1 aliphatic rings. The fourth-order valence-electron chi connectivity index (χ4n) is 3.75. The van der Waals surface area contributed by atoms with E-state index in [-0.39, 0.29) is 24.3 Å². The van der Waals surface area contributed by atoms with Gasteiger partial charge in [0.25, 0.3) is 0 Å². The van der Waals surface area contributed by atoms with Gasteiger partial charge in [0.05, 0.1) is 24.3 Å². The number of rotatable bonds is 9. The summed E-state index contributed by atoms with van der Waals surface area (Å²) in [5.74, 6) is 0.289. The Hall–Kier alpha value is -3.99. The molecule has 2 N–H and O–H groups in total. The van der Waals surface area contributed by atoms with Gasteiger partial charge in [-0.25, -0.2) is 19.6 Å². The van der Waals surface area contributed by atoms with Crippen LogP contribution in [-0.4, -0.2) is 65.6 Å². The van der Waals surface area contributed by atoms with E-state index in [0.717, 1.165) is 18.7 Å². The number of nitrogens with zero attached hydrogens (tertiary/aromatic N) is 4. The summed E-state index contributed by atoms with van der Waals surface area (Å²) < 4.78 is 5.19. The number of anilines is 3. The predicted molar refractivity (Wildman–Crippen MR) is 143 cm³/mol. The van der Waals surface area contributed by atoms with Crippen molar-refractivity contribution in [3.05, 3.63) is 65.3 Å². The van der Waals surface area contributed by atoms with Crippen LogP contribution in [0.4, 0.5) is 21.4 Å². The second-order valence-electron chi connectivity index (χ2n) is 8.53. The predicted octanol–water partition coefficient (Wildman–Crippen LogP) is 4.03. The molecule has 37 heavy (non-hydrogen) atoms. The topological polar surface area (TPSA) is 117 Å². The SMILES string of the molecule is CCCCOC(=O)c1ccc(NC(=O)Cc2csc(NC(=O)N3CCN(c4ccccn4)CC3)n2)cc1. The maximum atomic E-state index is 12.7. The van der Waals surface area contributed by atoms with Crippen LogP contribution in [0.1, 0.15) is 35.8 Å². The summed E-state index contributed by atoms with van der Waals surface area (Å²) in [6.07, 6.45) is 3.61. The summed E-state index contributed by atoms with van der Waals surface area (Å²) in [6.45, 7) is 4.99. The zero-order valence-electron chi connectivity index (χ0n) is 20.7. The van der Waals surface area contributed by atoms with Gasteiger partial charge in [-0.3, -0.25) is 10.1 Å². The molecule has 0 spiro atoms. The second-order valence-corrected chi connectivity index (χ2v) is 9.39. The van der Waals surface area contributed by atoms with E-state index in [0.29, 0.717) is 54.9 Å². The van der Waals surface area contributed by atoms with Crippen molar-refractivity contribution in [2.45, 2.75) is 26.2 Å². The van der Waals surface area contributed by atoms with Crippen molar-refractivity contribution in [3.8, 4) is 0 Å². The van der Waals surface area contributed by atoms with Gasteiger partial charge in [-0.2, -0.15) is 0 Å². The molecule has 3 amide bonds. The summed E-state index contributed by atoms with van der Waals surface area (Å²) in [6, 6.07) is 12.1. The highest BCUT2D eigenvalue weighted by Crippen LogP contribution is 2.19. The first-order valence-corrected chi connectivity index (χ1v) is 13.1. The molecular weight excluding hydrogens is 492 g/mol. The number of urea groups is 1. The van der Waals surface area contributed by atoms with E-state index >= 15 is 0 Å². The van der Waals surface area contributed by atoms with Crippen LogP contribution >= 0.6 is 11.3 Å². The van der Waals surface area contributed by atoms with E-state index in [9.17, 15) is 14.4 Å². The molecule has 0 unspecified atom stereocenters. The number of pyridine rings is 1. The molecule has 1 aromatic carbocycles. The van der Waals surface area contributed by atoms with E-state index in [4.69, 9.17) is 4.74 Å². The number of carbonyl (C=O) groups is 3. The van der Waals surface area contributed by atoms with Gasteiger partial charge in [-0.05, 0) is 42.8 Å². The molecule has 194 valence electrons. The maximum Gasteiger partial charge on any atom is 0.338 e. The minimum Gasteiger partial charge on any atom is -0.462 e. The Balaban J connectivity index is 1.21. The first kappa shape index (κ1) is 26.1. The molecule has 11 heteroatoms. The molecule has 0 bridgehead atoms. The second kappa shape index (κ2) is 12.8. The lowest BCUT2D eigenvalue weighted by Gasteiger charge is -2.35. The molecule has 0 radical (unpaired) electrons. The number of ether oxygens (including phenoxy) is 1. The van der Waals surface area contributed by atoms with Gasteiger partial charge in [0, 0.05) is 43.4 Å². The third-order valence-corrected chi connectivity index (χ3v) is 6.59. The van der Waals surface area contributed by atoms with Crippen LogP contribution in [0.15, 0.2) is 54.0 Å². The Kier molecular flexibility index (Phi) is 9.03. The Bertz CT molecular complexity index is 1190. The molecule has 2 aromatic heterocycles. The molecule has 0 saturated carbocycles. The highest BCUT2D eigenvalue weighted by molar-refractivity contribution is 7.13. The molecule has 4 rings (SSSR count). The number of carbonyl (C=O) groups excluding carboxylic acids is 3. The molecular formula is C26H30N6O4S. The smallest absolute Gasteiger partial charge is 0.338 e. The highest BCUT2D eigenvalue weighted by Gasteiger charge is 2.22. The van der Waals surface area contributed by atoms with Crippen molar-refractivity contribution in [2.75, 3.05) is 48.3 Å². The van der Waals surface area contributed by atoms with Gasteiger partial charge in [0.1, 0.15) is 5.82 Å². The zero-order valence-corrected chi connectivity index (χ0v) is 21.5. The summed E-state index contributed by atoms with van der Waals surface area (Å²) in [5, 5.41) is 7.83. The van der Waals surface area contributed by atoms with E-state index in [1.807, 2.05) is 25.1 Å². The molecule has 0 atom stereocenters. The van der Waals surface area contributed by atoms with Crippen molar-refractivity contribution in [3.63, 3.8) is 0 Å². The average molecular weight is 523 g/mol. The fourth-order valence-corrected chi connectivity index (χ4v) is 4.45. The molecule has 1 saturated heterocycles. The van der Waals surface area contributed by atoms with E-state index in [1.165, 1.54) is 11.3 Å². The van der Waals surface area contributed by atoms with Crippen LogP contribution in [0.3, 0.4) is 0 Å². The van der Waals surface area contributed by atoms with Crippen LogP contribution in [-0.2, 0) is 16.0 Å². The number of esters is 1. The number of nitrogens with one attached hydrogen (secondary N) is 2. The first-order valence-electron chi connectivity index (χ1n) is 12.2. The Labute approximate surface area is 219 Å². The normalized spacial score (nSPS) is 13.2. The maximum absolute atomic E-state index is 12.7. The van der Waals surface area contributed by atoms with Crippen LogP contribution in [0.2, 0.25) is 0 Å². The summed E-state index contributed by atoms with van der Waals surface area (Å²) in [4.78, 5) is 49.8. The Morgan fingerprint density at radius 3 is 2.51 bits per heavy atom. The van der Waals surface area contributed by atoms with Crippen molar-refractivity contribution >= 4 is 45.9 Å². The summed E-state index contributed by atoms with van der Waals surface area (Å²) in [5.41, 5.74) is 1.57. The highest BCUT2D eigenvalue weighted by atomic mass is 32.1. The number of aromatic nitrogens is 2. The number of hydrogen-bond donors (Lipinski definition) is 2. The third kappa shape index (κ3) is 7.50. The fraction of sp³-hybridized carbons (Fsp3) is 0.346. The monoisotopic (exact) mass is 522 g/mol. The minimum atomic E-state index is -0.376. The molecule has 3 heterocycles. The lowest BCUT2D eigenvalue weighted by molar-refractivity contribution is -0.115. The quantitative estimate of drug-likeness (QED) is 0.322. The van der Waals surface area contributed by atoms with Gasteiger partial charge in [0.2, 0.25) is 5.91 Å². The minimum absolute atomic E-state index is 0.0654. The van der Waals surface area contributed by atoms with E-state index in [1.54, 1.807) is 40.7 Å². The van der Waals surface area contributed by atoms with Gasteiger partial charge < -0.3 is 19.9 Å². The number of unbranched alkanes of at least 4 members (excludes halogenated alkanes) is 1. The van der Waals surface area contributed by atoms with Crippen LogP contribution in [0, 0.1) is 0 Å². The molecule has 1 fully saturated rings.